The number of rotatable bonds is 8. The van der Waals surface area contributed by atoms with Gasteiger partial charge in [0.05, 0.1) is 12.3 Å². The molecule has 0 aliphatic heterocycles. The van der Waals surface area contributed by atoms with Crippen LogP contribution in [0.3, 0.4) is 0 Å². The van der Waals surface area contributed by atoms with Crippen LogP contribution in [-0.4, -0.2) is 31.4 Å². The van der Waals surface area contributed by atoms with Crippen LogP contribution in [0.5, 0.6) is 0 Å². The van der Waals surface area contributed by atoms with Crippen molar-refractivity contribution in [2.24, 2.45) is 0 Å². The summed E-state index contributed by atoms with van der Waals surface area (Å²) in [5.74, 6) is 0.973. The molecule has 1 amide bonds. The second-order valence-corrected chi connectivity index (χ2v) is 8.79. The number of hydrogen-bond acceptors (Lipinski definition) is 6. The van der Waals surface area contributed by atoms with Crippen LogP contribution >= 0.6 is 23.1 Å². The summed E-state index contributed by atoms with van der Waals surface area (Å²) in [4.78, 5) is 17.8. The summed E-state index contributed by atoms with van der Waals surface area (Å²) in [6.07, 6.45) is 2.63. The average Bonchev–Trinajstić information content (AvgIpc) is 3.34. The Morgan fingerprint density at radius 3 is 2.47 bits per heavy atom. The zero-order valence-corrected chi connectivity index (χ0v) is 18.1. The molecule has 0 spiro atoms. The molecule has 0 bridgehead atoms. The quantitative estimate of drug-likeness (QED) is 0.415. The lowest BCUT2D eigenvalue weighted by atomic mass is 10.1. The normalized spacial score (nSPS) is 10.8. The first-order valence-corrected chi connectivity index (χ1v) is 11.3. The molecule has 2 aromatic carbocycles. The number of thiazole rings is 1. The van der Waals surface area contributed by atoms with E-state index in [2.05, 4.69) is 44.8 Å². The number of benzene rings is 2. The van der Waals surface area contributed by atoms with E-state index in [0.29, 0.717) is 11.7 Å². The zero-order valence-electron chi connectivity index (χ0n) is 16.5. The summed E-state index contributed by atoms with van der Waals surface area (Å²) in [6, 6.07) is 20.4. The Labute approximate surface area is 183 Å². The topological polar surface area (TPSA) is 72.7 Å². The van der Waals surface area contributed by atoms with Crippen molar-refractivity contribution >= 4 is 34.1 Å². The van der Waals surface area contributed by atoms with Gasteiger partial charge in [0.2, 0.25) is 5.91 Å². The third-order valence-corrected chi connectivity index (χ3v) is 6.32. The smallest absolute Gasteiger partial charge is 0.236 e. The van der Waals surface area contributed by atoms with Crippen molar-refractivity contribution in [2.45, 2.75) is 25.0 Å². The second kappa shape index (κ2) is 9.69. The van der Waals surface area contributed by atoms with Crippen molar-refractivity contribution in [2.75, 3.05) is 11.1 Å². The third-order valence-electron chi connectivity index (χ3n) is 4.44. The van der Waals surface area contributed by atoms with Crippen LogP contribution in [-0.2, 0) is 17.8 Å². The van der Waals surface area contributed by atoms with Crippen LogP contribution in [0.15, 0.2) is 72.0 Å². The highest BCUT2D eigenvalue weighted by molar-refractivity contribution is 7.99. The predicted octanol–water partition coefficient (Wildman–Crippen LogP) is 4.41. The van der Waals surface area contributed by atoms with E-state index in [1.54, 1.807) is 0 Å². The number of aryl methyl sites for hydroxylation is 1. The minimum absolute atomic E-state index is 0.104. The van der Waals surface area contributed by atoms with E-state index in [1.807, 2.05) is 54.1 Å². The summed E-state index contributed by atoms with van der Waals surface area (Å²) >= 11 is 2.88. The molecule has 0 atom stereocenters. The van der Waals surface area contributed by atoms with Crippen LogP contribution < -0.4 is 5.32 Å². The molecule has 0 aliphatic carbocycles. The Bertz CT molecular complexity index is 1110. The minimum Gasteiger partial charge on any atom is -0.302 e. The van der Waals surface area contributed by atoms with E-state index < -0.39 is 0 Å². The van der Waals surface area contributed by atoms with Gasteiger partial charge in [-0.05, 0) is 18.1 Å². The third kappa shape index (κ3) is 5.34. The Hall–Kier alpha value is -2.97. The molecule has 30 heavy (non-hydrogen) atoms. The van der Waals surface area contributed by atoms with E-state index in [0.717, 1.165) is 22.3 Å². The molecule has 4 aromatic rings. The first-order chi connectivity index (χ1) is 14.7. The first kappa shape index (κ1) is 20.3. The van der Waals surface area contributed by atoms with Crippen LogP contribution in [0, 0.1) is 6.92 Å². The molecular weight excluding hydrogens is 414 g/mol. The fourth-order valence-corrected chi connectivity index (χ4v) is 4.59. The summed E-state index contributed by atoms with van der Waals surface area (Å²) in [5, 5.41) is 12.6. The number of carbonyl (C=O) groups excluding carboxylic acids is 1. The van der Waals surface area contributed by atoms with Gasteiger partial charge in [-0.1, -0.05) is 72.4 Å². The average molecular weight is 436 g/mol. The summed E-state index contributed by atoms with van der Waals surface area (Å²) in [7, 11) is 0. The Morgan fingerprint density at radius 2 is 1.73 bits per heavy atom. The Balaban J connectivity index is 1.32. The summed E-state index contributed by atoms with van der Waals surface area (Å²) in [5.41, 5.74) is 2.39. The number of nitrogens with one attached hydrogen (secondary N) is 1. The molecule has 1 N–H and O–H groups in total. The molecule has 6 nitrogen and oxygen atoms in total. The molecule has 0 fully saturated rings. The maximum atomic E-state index is 12.4. The lowest BCUT2D eigenvalue weighted by molar-refractivity contribution is -0.113. The van der Waals surface area contributed by atoms with Gasteiger partial charge in [-0.15, -0.1) is 21.5 Å². The zero-order chi connectivity index (χ0) is 20.8. The van der Waals surface area contributed by atoms with Crippen LogP contribution in [0.4, 0.5) is 5.13 Å². The second-order valence-electron chi connectivity index (χ2n) is 6.73. The number of nitrogens with zero attached hydrogens (tertiary/aromatic N) is 4. The maximum Gasteiger partial charge on any atom is 0.236 e. The molecule has 2 heterocycles. The standard InChI is InChI=1S/C22H21N5OS2/c1-16-25-26-22(27(16)14-18-10-6-3-7-11-18)29-15-20(28)24-21-23-13-19(30-21)12-17-8-4-2-5-9-17/h2-11,13H,12,14-15H2,1H3,(H,23,24,28). The maximum absolute atomic E-state index is 12.4. The van der Waals surface area contributed by atoms with Crippen molar-refractivity contribution in [3.05, 3.63) is 88.7 Å². The lowest BCUT2D eigenvalue weighted by Crippen LogP contribution is -2.14. The van der Waals surface area contributed by atoms with E-state index in [9.17, 15) is 4.79 Å². The summed E-state index contributed by atoms with van der Waals surface area (Å²) < 4.78 is 2.02. The van der Waals surface area contributed by atoms with Crippen molar-refractivity contribution < 1.29 is 4.79 Å². The van der Waals surface area contributed by atoms with Gasteiger partial charge in [-0.3, -0.25) is 4.79 Å². The molecule has 4 rings (SSSR count). The first-order valence-electron chi connectivity index (χ1n) is 9.52. The molecule has 0 radical (unpaired) electrons. The number of amides is 1. The van der Waals surface area contributed by atoms with Gasteiger partial charge in [-0.2, -0.15) is 0 Å². The fraction of sp³-hybridized carbons (Fsp3) is 0.182. The van der Waals surface area contributed by atoms with Gasteiger partial charge in [-0.25, -0.2) is 4.98 Å². The van der Waals surface area contributed by atoms with Gasteiger partial charge in [0.1, 0.15) is 5.82 Å². The monoisotopic (exact) mass is 435 g/mol. The molecule has 0 unspecified atom stereocenters. The summed E-state index contributed by atoms with van der Waals surface area (Å²) in [6.45, 7) is 2.60. The van der Waals surface area contributed by atoms with E-state index in [4.69, 9.17) is 0 Å². The lowest BCUT2D eigenvalue weighted by Gasteiger charge is -2.08. The fourth-order valence-electron chi connectivity index (χ4n) is 2.95. The Kier molecular flexibility index (Phi) is 6.56. The minimum atomic E-state index is -0.104. The molecular formula is C22H21N5OS2. The molecule has 2 aromatic heterocycles. The number of anilines is 1. The predicted molar refractivity (Wildman–Crippen MR) is 121 cm³/mol. The number of carbonyl (C=O) groups is 1. The number of thioether (sulfide) groups is 1. The highest BCUT2D eigenvalue weighted by atomic mass is 32.2. The van der Waals surface area contributed by atoms with E-state index in [-0.39, 0.29) is 11.7 Å². The van der Waals surface area contributed by atoms with Gasteiger partial charge in [0.15, 0.2) is 10.3 Å². The van der Waals surface area contributed by atoms with Crippen molar-refractivity contribution in [3.8, 4) is 0 Å². The van der Waals surface area contributed by atoms with Crippen molar-refractivity contribution in [1.29, 1.82) is 0 Å². The van der Waals surface area contributed by atoms with Crippen LogP contribution in [0.25, 0.3) is 0 Å². The van der Waals surface area contributed by atoms with E-state index >= 15 is 0 Å². The van der Waals surface area contributed by atoms with Gasteiger partial charge in [0.25, 0.3) is 0 Å². The molecule has 152 valence electrons. The molecule has 0 aliphatic rings. The molecule has 8 heteroatoms. The van der Waals surface area contributed by atoms with Crippen molar-refractivity contribution in [3.63, 3.8) is 0 Å². The Morgan fingerprint density at radius 1 is 1.03 bits per heavy atom. The number of aromatic nitrogens is 4. The highest BCUT2D eigenvalue weighted by Crippen LogP contribution is 2.23. The van der Waals surface area contributed by atoms with Gasteiger partial charge in [0, 0.05) is 17.5 Å². The van der Waals surface area contributed by atoms with Crippen LogP contribution in [0.2, 0.25) is 0 Å². The number of hydrogen-bond donors (Lipinski definition) is 1. The van der Waals surface area contributed by atoms with Crippen molar-refractivity contribution in [1.82, 2.24) is 19.7 Å². The largest absolute Gasteiger partial charge is 0.302 e. The van der Waals surface area contributed by atoms with Gasteiger partial charge < -0.3 is 9.88 Å². The van der Waals surface area contributed by atoms with Gasteiger partial charge >= 0.3 is 0 Å². The SMILES string of the molecule is Cc1nnc(SCC(=O)Nc2ncc(Cc3ccccc3)s2)n1Cc1ccccc1. The van der Waals surface area contributed by atoms with E-state index in [1.165, 1.54) is 34.2 Å². The molecule has 0 saturated heterocycles. The highest BCUT2D eigenvalue weighted by Gasteiger charge is 2.13. The van der Waals surface area contributed by atoms with Crippen LogP contribution in [0.1, 0.15) is 21.8 Å². The molecule has 0 saturated carbocycles.